The summed E-state index contributed by atoms with van der Waals surface area (Å²) in [6.45, 7) is 4.52. The van der Waals surface area contributed by atoms with Gasteiger partial charge < -0.3 is 0 Å². The van der Waals surface area contributed by atoms with Crippen LogP contribution in [0.2, 0.25) is 0 Å². The van der Waals surface area contributed by atoms with Crippen molar-refractivity contribution in [2.75, 3.05) is 5.75 Å². The lowest BCUT2D eigenvalue weighted by atomic mass is 9.84. The van der Waals surface area contributed by atoms with Gasteiger partial charge in [-0.2, -0.15) is 30.9 Å². The molecule has 6 heteroatoms. The van der Waals surface area contributed by atoms with Crippen molar-refractivity contribution in [3.63, 3.8) is 0 Å². The maximum atomic E-state index is 12.4. The Morgan fingerprint density at radius 1 is 1.29 bits per heavy atom. The SMILES string of the molecule is CCC(CC)(CS)Cn1ccc(C(F)(F)F)n1. The molecule has 0 bridgehead atoms. The standard InChI is InChI=1S/C11H17F3N2S/c1-3-10(4-2,8-17)7-16-6-5-9(15-16)11(12,13)14/h5-6,17H,3-4,7-8H2,1-2H3. The summed E-state index contributed by atoms with van der Waals surface area (Å²) in [5, 5.41) is 3.57. The van der Waals surface area contributed by atoms with E-state index < -0.39 is 11.9 Å². The van der Waals surface area contributed by atoms with E-state index in [0.717, 1.165) is 18.9 Å². The van der Waals surface area contributed by atoms with Crippen LogP contribution in [0.3, 0.4) is 0 Å². The number of aromatic nitrogens is 2. The Labute approximate surface area is 105 Å². The highest BCUT2D eigenvalue weighted by Gasteiger charge is 2.34. The molecule has 1 aromatic rings. The number of halogens is 3. The van der Waals surface area contributed by atoms with Crippen LogP contribution < -0.4 is 0 Å². The summed E-state index contributed by atoms with van der Waals surface area (Å²) < 4.78 is 38.5. The molecular weight excluding hydrogens is 249 g/mol. The van der Waals surface area contributed by atoms with Crippen molar-refractivity contribution in [1.82, 2.24) is 9.78 Å². The van der Waals surface area contributed by atoms with Crippen LogP contribution in [-0.2, 0) is 12.7 Å². The molecule has 0 unspecified atom stereocenters. The molecule has 2 nitrogen and oxygen atoms in total. The van der Waals surface area contributed by atoms with Gasteiger partial charge in [-0.25, -0.2) is 0 Å². The van der Waals surface area contributed by atoms with Crippen molar-refractivity contribution in [3.8, 4) is 0 Å². The predicted octanol–water partition coefficient (Wildman–Crippen LogP) is 3.64. The van der Waals surface area contributed by atoms with Gasteiger partial charge in [0, 0.05) is 12.7 Å². The molecule has 0 atom stereocenters. The fourth-order valence-corrected chi connectivity index (χ4v) is 2.24. The van der Waals surface area contributed by atoms with Crippen LogP contribution in [0.15, 0.2) is 12.3 Å². The fraction of sp³-hybridized carbons (Fsp3) is 0.727. The van der Waals surface area contributed by atoms with Crippen LogP contribution in [0.5, 0.6) is 0 Å². The Balaban J connectivity index is 2.85. The second-order valence-electron chi connectivity index (χ2n) is 4.26. The summed E-state index contributed by atoms with van der Waals surface area (Å²) in [6, 6.07) is 1.01. The van der Waals surface area contributed by atoms with Gasteiger partial charge in [-0.05, 0) is 30.1 Å². The first-order chi connectivity index (χ1) is 7.87. The van der Waals surface area contributed by atoms with E-state index in [1.807, 2.05) is 13.8 Å². The maximum absolute atomic E-state index is 12.4. The van der Waals surface area contributed by atoms with Gasteiger partial charge >= 0.3 is 6.18 Å². The Bertz CT molecular complexity index is 348. The monoisotopic (exact) mass is 266 g/mol. The predicted molar refractivity (Wildman–Crippen MR) is 64.1 cm³/mol. The van der Waals surface area contributed by atoms with E-state index in [-0.39, 0.29) is 5.41 Å². The summed E-state index contributed by atoms with van der Waals surface area (Å²) in [7, 11) is 0. The normalized spacial score (nSPS) is 13.1. The van der Waals surface area contributed by atoms with E-state index >= 15 is 0 Å². The first-order valence-corrected chi connectivity index (χ1v) is 6.21. The minimum Gasteiger partial charge on any atom is -0.272 e. The lowest BCUT2D eigenvalue weighted by Gasteiger charge is -2.29. The quantitative estimate of drug-likeness (QED) is 0.806. The molecule has 0 aliphatic carbocycles. The minimum absolute atomic E-state index is 0.0853. The second kappa shape index (κ2) is 5.33. The van der Waals surface area contributed by atoms with Gasteiger partial charge in [-0.3, -0.25) is 4.68 Å². The molecule has 1 heterocycles. The van der Waals surface area contributed by atoms with Gasteiger partial charge in [0.05, 0.1) is 0 Å². The largest absolute Gasteiger partial charge is 0.435 e. The van der Waals surface area contributed by atoms with Crippen LogP contribution in [0.1, 0.15) is 32.4 Å². The Hall–Kier alpha value is -0.650. The zero-order chi connectivity index (χ0) is 13.1. The highest BCUT2D eigenvalue weighted by molar-refractivity contribution is 7.80. The highest BCUT2D eigenvalue weighted by Crippen LogP contribution is 2.31. The third-order valence-electron chi connectivity index (χ3n) is 3.26. The molecule has 0 radical (unpaired) electrons. The second-order valence-corrected chi connectivity index (χ2v) is 4.58. The molecule has 0 spiro atoms. The van der Waals surface area contributed by atoms with Crippen LogP contribution in [0.4, 0.5) is 13.2 Å². The van der Waals surface area contributed by atoms with Crippen LogP contribution in [-0.4, -0.2) is 15.5 Å². The molecule has 1 rings (SSSR count). The number of alkyl halides is 3. The topological polar surface area (TPSA) is 17.8 Å². The molecule has 0 saturated heterocycles. The Morgan fingerprint density at radius 3 is 2.24 bits per heavy atom. The third kappa shape index (κ3) is 3.40. The number of rotatable bonds is 5. The number of hydrogen-bond acceptors (Lipinski definition) is 2. The van der Waals surface area contributed by atoms with E-state index in [0.29, 0.717) is 12.3 Å². The maximum Gasteiger partial charge on any atom is 0.435 e. The third-order valence-corrected chi connectivity index (χ3v) is 3.93. The summed E-state index contributed by atoms with van der Waals surface area (Å²) in [5.41, 5.74) is -0.921. The van der Waals surface area contributed by atoms with Gasteiger partial charge in [0.1, 0.15) is 0 Å². The Kier molecular flexibility index (Phi) is 4.52. The minimum atomic E-state index is -4.37. The average Bonchev–Trinajstić information content (AvgIpc) is 2.74. The van der Waals surface area contributed by atoms with E-state index in [9.17, 15) is 13.2 Å². The number of thiol groups is 1. The van der Waals surface area contributed by atoms with Crippen LogP contribution in [0, 0.1) is 5.41 Å². The van der Waals surface area contributed by atoms with E-state index in [1.54, 1.807) is 0 Å². The lowest BCUT2D eigenvalue weighted by molar-refractivity contribution is -0.141. The zero-order valence-electron chi connectivity index (χ0n) is 9.96. The number of hydrogen-bond donors (Lipinski definition) is 1. The van der Waals surface area contributed by atoms with Crippen molar-refractivity contribution in [1.29, 1.82) is 0 Å². The van der Waals surface area contributed by atoms with Crippen molar-refractivity contribution in [3.05, 3.63) is 18.0 Å². The lowest BCUT2D eigenvalue weighted by Crippen LogP contribution is -2.28. The van der Waals surface area contributed by atoms with Crippen LogP contribution >= 0.6 is 12.6 Å². The van der Waals surface area contributed by atoms with E-state index in [2.05, 4.69) is 17.7 Å². The summed E-state index contributed by atoms with van der Waals surface area (Å²) in [6.07, 6.45) is -1.25. The molecule has 17 heavy (non-hydrogen) atoms. The first kappa shape index (κ1) is 14.4. The average molecular weight is 266 g/mol. The fourth-order valence-electron chi connectivity index (χ4n) is 1.69. The molecule has 0 aliphatic heterocycles. The molecule has 0 N–H and O–H groups in total. The molecule has 98 valence electrons. The summed E-state index contributed by atoms with van der Waals surface area (Å²) >= 11 is 4.29. The molecule has 1 aromatic heterocycles. The van der Waals surface area contributed by atoms with E-state index in [1.165, 1.54) is 10.9 Å². The molecule has 0 saturated carbocycles. The molecule has 0 aromatic carbocycles. The zero-order valence-corrected chi connectivity index (χ0v) is 10.9. The first-order valence-electron chi connectivity index (χ1n) is 5.58. The summed E-state index contributed by atoms with van der Waals surface area (Å²) in [4.78, 5) is 0. The highest BCUT2D eigenvalue weighted by atomic mass is 32.1. The van der Waals surface area contributed by atoms with Crippen molar-refractivity contribution >= 4 is 12.6 Å². The van der Waals surface area contributed by atoms with Gasteiger partial charge in [-0.15, -0.1) is 0 Å². The van der Waals surface area contributed by atoms with Crippen LogP contribution in [0.25, 0.3) is 0 Å². The molecular formula is C11H17F3N2S. The molecule has 0 amide bonds. The van der Waals surface area contributed by atoms with Gasteiger partial charge in [0.2, 0.25) is 0 Å². The van der Waals surface area contributed by atoms with Gasteiger partial charge in [-0.1, -0.05) is 13.8 Å². The van der Waals surface area contributed by atoms with Crippen molar-refractivity contribution < 1.29 is 13.2 Å². The van der Waals surface area contributed by atoms with Gasteiger partial charge in [0.25, 0.3) is 0 Å². The number of nitrogens with zero attached hydrogens (tertiary/aromatic N) is 2. The van der Waals surface area contributed by atoms with Crippen molar-refractivity contribution in [2.24, 2.45) is 5.41 Å². The Morgan fingerprint density at radius 2 is 1.88 bits per heavy atom. The smallest absolute Gasteiger partial charge is 0.272 e. The summed E-state index contributed by atoms with van der Waals surface area (Å²) in [5.74, 6) is 0.640. The molecule has 0 aliphatic rings. The van der Waals surface area contributed by atoms with E-state index in [4.69, 9.17) is 0 Å². The molecule has 0 fully saturated rings. The van der Waals surface area contributed by atoms with Crippen molar-refractivity contribution in [2.45, 2.75) is 39.4 Å². The van der Waals surface area contributed by atoms with Gasteiger partial charge in [0.15, 0.2) is 5.69 Å².